The first-order valence-electron chi connectivity index (χ1n) is 3.91. The summed E-state index contributed by atoms with van der Waals surface area (Å²) in [5.41, 5.74) is 2.42. The van der Waals surface area contributed by atoms with Crippen molar-refractivity contribution in [2.24, 2.45) is 0 Å². The molecule has 0 unspecified atom stereocenters. The summed E-state index contributed by atoms with van der Waals surface area (Å²) in [6, 6.07) is 7.71. The van der Waals surface area contributed by atoms with Gasteiger partial charge in [-0.05, 0) is 19.1 Å². The Bertz CT molecular complexity index is 505. The number of rotatable bonds is 0. The van der Waals surface area contributed by atoms with Gasteiger partial charge in [0.1, 0.15) is 6.07 Å². The van der Waals surface area contributed by atoms with Crippen LogP contribution in [0.4, 0.5) is 0 Å². The second-order valence-electron chi connectivity index (χ2n) is 2.90. The zero-order valence-corrected chi connectivity index (χ0v) is 7.81. The number of nitrogens with one attached hydrogen (secondary N) is 1. The van der Waals surface area contributed by atoms with E-state index in [9.17, 15) is 0 Å². The summed E-state index contributed by atoms with van der Waals surface area (Å²) >= 11 is 5.98. The molecule has 1 heterocycles. The lowest BCUT2D eigenvalue weighted by molar-refractivity contribution is 1.28. The fourth-order valence-electron chi connectivity index (χ4n) is 1.47. The molecule has 0 amide bonds. The van der Waals surface area contributed by atoms with E-state index in [2.05, 4.69) is 11.1 Å². The summed E-state index contributed by atoms with van der Waals surface area (Å²) in [6.07, 6.45) is 0. The Kier molecular flexibility index (Phi) is 1.75. The number of H-pyrrole nitrogens is 1. The molecule has 1 aromatic heterocycles. The summed E-state index contributed by atoms with van der Waals surface area (Å²) in [6.45, 7) is 1.87. The molecule has 2 rings (SSSR count). The van der Waals surface area contributed by atoms with Gasteiger partial charge in [-0.1, -0.05) is 17.7 Å². The molecule has 2 aromatic rings. The number of hydrogen-bond donors (Lipinski definition) is 1. The van der Waals surface area contributed by atoms with E-state index in [1.54, 1.807) is 6.07 Å². The zero-order valence-electron chi connectivity index (χ0n) is 7.06. The number of halogens is 1. The monoisotopic (exact) mass is 190 g/mol. The van der Waals surface area contributed by atoms with E-state index in [4.69, 9.17) is 16.9 Å². The lowest BCUT2D eigenvalue weighted by atomic mass is 10.1. The first-order chi connectivity index (χ1) is 6.24. The molecule has 0 fully saturated rings. The van der Waals surface area contributed by atoms with Crippen molar-refractivity contribution in [2.75, 3.05) is 0 Å². The average molecular weight is 191 g/mol. The molecule has 0 atom stereocenters. The van der Waals surface area contributed by atoms with Crippen LogP contribution in [0.25, 0.3) is 10.9 Å². The number of aromatic amines is 1. The molecule has 13 heavy (non-hydrogen) atoms. The molecule has 0 aliphatic carbocycles. The number of aryl methyl sites for hydroxylation is 1. The van der Waals surface area contributed by atoms with E-state index in [1.807, 2.05) is 19.1 Å². The molecule has 2 nitrogen and oxygen atoms in total. The van der Waals surface area contributed by atoms with Gasteiger partial charge < -0.3 is 4.98 Å². The van der Waals surface area contributed by atoms with Crippen LogP contribution < -0.4 is 0 Å². The Hall–Kier alpha value is -1.46. The Morgan fingerprint density at radius 1 is 1.46 bits per heavy atom. The van der Waals surface area contributed by atoms with Crippen molar-refractivity contribution >= 4 is 22.5 Å². The largest absolute Gasteiger partial charge is 0.357 e. The molecule has 0 aliphatic heterocycles. The molecule has 1 aromatic carbocycles. The number of fused-ring (bicyclic) bond motifs is 1. The van der Waals surface area contributed by atoms with Crippen LogP contribution in [-0.4, -0.2) is 4.98 Å². The van der Waals surface area contributed by atoms with Crippen LogP contribution in [0.2, 0.25) is 5.02 Å². The minimum Gasteiger partial charge on any atom is -0.357 e. The zero-order chi connectivity index (χ0) is 9.42. The minimum atomic E-state index is 0.624. The van der Waals surface area contributed by atoms with Gasteiger partial charge in [0.05, 0.1) is 10.6 Å². The second-order valence-corrected chi connectivity index (χ2v) is 3.31. The van der Waals surface area contributed by atoms with Crippen LogP contribution in [0.1, 0.15) is 11.3 Å². The molecule has 1 N–H and O–H groups in total. The van der Waals surface area contributed by atoms with E-state index < -0.39 is 0 Å². The third-order valence-corrected chi connectivity index (χ3v) is 2.39. The van der Waals surface area contributed by atoms with Gasteiger partial charge in [0.25, 0.3) is 0 Å². The molecule has 0 saturated heterocycles. The predicted octanol–water partition coefficient (Wildman–Crippen LogP) is 3.00. The highest BCUT2D eigenvalue weighted by Crippen LogP contribution is 2.28. The molecule has 0 bridgehead atoms. The highest BCUT2D eigenvalue weighted by molar-refractivity contribution is 6.35. The van der Waals surface area contributed by atoms with Crippen molar-refractivity contribution in [3.63, 3.8) is 0 Å². The Morgan fingerprint density at radius 3 is 2.92 bits per heavy atom. The van der Waals surface area contributed by atoms with Crippen LogP contribution in [0.15, 0.2) is 18.2 Å². The fraction of sp³-hybridized carbons (Fsp3) is 0.100. The molecule has 0 aliphatic rings. The van der Waals surface area contributed by atoms with Gasteiger partial charge in [-0.2, -0.15) is 5.26 Å². The van der Waals surface area contributed by atoms with Gasteiger partial charge in [0, 0.05) is 16.6 Å². The van der Waals surface area contributed by atoms with Crippen molar-refractivity contribution in [2.45, 2.75) is 6.92 Å². The number of benzene rings is 1. The van der Waals surface area contributed by atoms with Gasteiger partial charge in [-0.3, -0.25) is 0 Å². The van der Waals surface area contributed by atoms with Crippen LogP contribution in [0, 0.1) is 18.3 Å². The van der Waals surface area contributed by atoms with E-state index in [0.717, 1.165) is 16.6 Å². The molecular weight excluding hydrogens is 184 g/mol. The standard InChI is InChI=1S/C10H7ClN2/c1-6-7(5-12)10-8(11)3-2-4-9(10)13-6/h2-4,13H,1H3. The van der Waals surface area contributed by atoms with Crippen molar-refractivity contribution in [1.82, 2.24) is 4.98 Å². The average Bonchev–Trinajstić information content (AvgIpc) is 2.42. The highest BCUT2D eigenvalue weighted by Gasteiger charge is 2.09. The Morgan fingerprint density at radius 2 is 2.23 bits per heavy atom. The summed E-state index contributed by atoms with van der Waals surface area (Å²) in [4.78, 5) is 3.11. The van der Waals surface area contributed by atoms with Crippen LogP contribution in [-0.2, 0) is 0 Å². The summed E-state index contributed by atoms with van der Waals surface area (Å²) in [5.74, 6) is 0. The number of nitrogens with zero attached hydrogens (tertiary/aromatic N) is 1. The summed E-state index contributed by atoms with van der Waals surface area (Å²) in [5, 5.41) is 10.3. The Labute approximate surface area is 80.7 Å². The van der Waals surface area contributed by atoms with Crippen molar-refractivity contribution in [1.29, 1.82) is 5.26 Å². The van der Waals surface area contributed by atoms with Gasteiger partial charge in [0.15, 0.2) is 0 Å². The third-order valence-electron chi connectivity index (χ3n) is 2.07. The van der Waals surface area contributed by atoms with Gasteiger partial charge in [0.2, 0.25) is 0 Å². The van der Waals surface area contributed by atoms with Crippen molar-refractivity contribution in [3.05, 3.63) is 34.5 Å². The molecular formula is C10H7ClN2. The van der Waals surface area contributed by atoms with E-state index >= 15 is 0 Å². The normalized spacial score (nSPS) is 10.2. The highest BCUT2D eigenvalue weighted by atomic mass is 35.5. The smallest absolute Gasteiger partial charge is 0.102 e. The predicted molar refractivity (Wildman–Crippen MR) is 52.8 cm³/mol. The lowest BCUT2D eigenvalue weighted by Gasteiger charge is -1.92. The molecule has 0 saturated carbocycles. The van der Waals surface area contributed by atoms with E-state index in [1.165, 1.54) is 0 Å². The molecule has 0 spiro atoms. The summed E-state index contributed by atoms with van der Waals surface area (Å²) < 4.78 is 0. The number of nitriles is 1. The quantitative estimate of drug-likeness (QED) is 0.682. The van der Waals surface area contributed by atoms with Gasteiger partial charge in [-0.15, -0.1) is 0 Å². The SMILES string of the molecule is Cc1[nH]c2cccc(Cl)c2c1C#N. The topological polar surface area (TPSA) is 39.6 Å². The van der Waals surface area contributed by atoms with E-state index in [-0.39, 0.29) is 0 Å². The van der Waals surface area contributed by atoms with Crippen molar-refractivity contribution < 1.29 is 0 Å². The maximum absolute atomic E-state index is 8.90. The van der Waals surface area contributed by atoms with Crippen molar-refractivity contribution in [3.8, 4) is 6.07 Å². The van der Waals surface area contributed by atoms with Gasteiger partial charge >= 0.3 is 0 Å². The van der Waals surface area contributed by atoms with Gasteiger partial charge in [-0.25, -0.2) is 0 Å². The summed E-state index contributed by atoms with van der Waals surface area (Å²) in [7, 11) is 0. The lowest BCUT2D eigenvalue weighted by Crippen LogP contribution is -1.74. The third kappa shape index (κ3) is 1.09. The number of hydrogen-bond acceptors (Lipinski definition) is 1. The second kappa shape index (κ2) is 2.79. The maximum Gasteiger partial charge on any atom is 0.102 e. The minimum absolute atomic E-state index is 0.624. The first kappa shape index (κ1) is 8.15. The maximum atomic E-state index is 8.90. The van der Waals surface area contributed by atoms with Crippen LogP contribution in [0.5, 0.6) is 0 Å². The number of aromatic nitrogens is 1. The molecule has 0 radical (unpaired) electrons. The van der Waals surface area contributed by atoms with Crippen LogP contribution in [0.3, 0.4) is 0 Å². The molecule has 64 valence electrons. The Balaban J connectivity index is 2.99. The molecule has 3 heteroatoms. The fourth-order valence-corrected chi connectivity index (χ4v) is 1.74. The van der Waals surface area contributed by atoms with Crippen LogP contribution >= 0.6 is 11.6 Å². The first-order valence-corrected chi connectivity index (χ1v) is 4.28. The van der Waals surface area contributed by atoms with E-state index in [0.29, 0.717) is 10.6 Å².